The van der Waals surface area contributed by atoms with Crippen molar-refractivity contribution in [2.24, 2.45) is 0 Å². The first kappa shape index (κ1) is 14.9. The summed E-state index contributed by atoms with van der Waals surface area (Å²) in [7, 11) is 0. The summed E-state index contributed by atoms with van der Waals surface area (Å²) >= 11 is 0. The van der Waals surface area contributed by atoms with Crippen LogP contribution < -0.4 is 5.56 Å². The fourth-order valence-electron chi connectivity index (χ4n) is 3.35. The monoisotopic (exact) mass is 316 g/mol. The molecule has 1 aliphatic rings. The fraction of sp³-hybridized carbons (Fsp3) is 0.238. The molecule has 4 rings (SSSR count). The SMILES string of the molecule is Cc1ccc(C=C2CCCc3c2nc2ccc(C)cn2c3=O)cc1. The average Bonchev–Trinajstić information content (AvgIpc) is 2.58. The minimum Gasteiger partial charge on any atom is -0.269 e. The van der Waals surface area contributed by atoms with Crippen LogP contribution >= 0.6 is 0 Å². The van der Waals surface area contributed by atoms with Crippen LogP contribution in [0.1, 0.15) is 40.8 Å². The highest BCUT2D eigenvalue weighted by molar-refractivity contribution is 5.82. The van der Waals surface area contributed by atoms with Crippen LogP contribution in [0.4, 0.5) is 0 Å². The summed E-state index contributed by atoms with van der Waals surface area (Å²) in [6, 6.07) is 12.4. The first-order valence-electron chi connectivity index (χ1n) is 8.41. The Labute approximate surface area is 141 Å². The number of benzene rings is 1. The van der Waals surface area contributed by atoms with Crippen LogP contribution in [0.2, 0.25) is 0 Å². The van der Waals surface area contributed by atoms with Gasteiger partial charge >= 0.3 is 0 Å². The van der Waals surface area contributed by atoms with Crippen LogP contribution in [-0.4, -0.2) is 9.38 Å². The molecule has 2 heterocycles. The molecule has 0 bridgehead atoms. The van der Waals surface area contributed by atoms with Gasteiger partial charge in [-0.2, -0.15) is 0 Å². The minimum atomic E-state index is 0.0770. The van der Waals surface area contributed by atoms with Gasteiger partial charge in [-0.05, 0) is 62.0 Å². The van der Waals surface area contributed by atoms with E-state index in [1.54, 1.807) is 4.40 Å². The van der Waals surface area contributed by atoms with Gasteiger partial charge in [0.15, 0.2) is 0 Å². The Morgan fingerprint density at radius 1 is 1.00 bits per heavy atom. The van der Waals surface area contributed by atoms with Gasteiger partial charge in [0.25, 0.3) is 5.56 Å². The van der Waals surface area contributed by atoms with Gasteiger partial charge in [0.1, 0.15) is 5.65 Å². The molecule has 0 radical (unpaired) electrons. The molecule has 0 atom stereocenters. The summed E-state index contributed by atoms with van der Waals surface area (Å²) in [5, 5.41) is 0. The number of nitrogens with zero attached hydrogens (tertiary/aromatic N) is 2. The molecule has 3 nitrogen and oxygen atoms in total. The Morgan fingerprint density at radius 2 is 1.75 bits per heavy atom. The standard InChI is InChI=1S/C21H20N2O/c1-14-6-9-16(10-7-14)12-17-4-3-5-18-20(17)22-19-11-8-15(2)13-23(19)21(18)24/h6-13H,3-5H2,1-2H3. The zero-order valence-corrected chi connectivity index (χ0v) is 14.0. The lowest BCUT2D eigenvalue weighted by molar-refractivity contribution is 0.786. The van der Waals surface area contributed by atoms with Gasteiger partial charge in [0, 0.05) is 11.8 Å². The molecule has 1 aliphatic carbocycles. The predicted molar refractivity (Wildman–Crippen MR) is 98.2 cm³/mol. The molecule has 3 heteroatoms. The quantitative estimate of drug-likeness (QED) is 0.674. The number of aromatic nitrogens is 2. The van der Waals surface area contributed by atoms with E-state index < -0.39 is 0 Å². The highest BCUT2D eigenvalue weighted by atomic mass is 16.1. The van der Waals surface area contributed by atoms with E-state index in [0.29, 0.717) is 0 Å². The van der Waals surface area contributed by atoms with Gasteiger partial charge in [-0.25, -0.2) is 4.98 Å². The molecule has 1 aromatic carbocycles. The summed E-state index contributed by atoms with van der Waals surface area (Å²) in [5.41, 5.74) is 7.18. The van der Waals surface area contributed by atoms with Crippen LogP contribution in [0.15, 0.2) is 47.4 Å². The van der Waals surface area contributed by atoms with E-state index in [4.69, 9.17) is 4.98 Å². The van der Waals surface area contributed by atoms with Crippen molar-refractivity contribution in [3.8, 4) is 0 Å². The van der Waals surface area contributed by atoms with Gasteiger partial charge in [-0.3, -0.25) is 9.20 Å². The summed E-state index contributed by atoms with van der Waals surface area (Å²) in [6.07, 6.45) is 6.83. The van der Waals surface area contributed by atoms with Crippen molar-refractivity contribution in [2.45, 2.75) is 33.1 Å². The van der Waals surface area contributed by atoms with Crippen LogP contribution in [0.3, 0.4) is 0 Å². The zero-order chi connectivity index (χ0) is 16.7. The van der Waals surface area contributed by atoms with E-state index in [0.717, 1.165) is 47.3 Å². The number of hydrogen-bond acceptors (Lipinski definition) is 2. The Morgan fingerprint density at radius 3 is 2.54 bits per heavy atom. The van der Waals surface area contributed by atoms with Crippen molar-refractivity contribution in [1.82, 2.24) is 9.38 Å². The van der Waals surface area contributed by atoms with Gasteiger partial charge in [-0.15, -0.1) is 0 Å². The maximum Gasteiger partial charge on any atom is 0.261 e. The van der Waals surface area contributed by atoms with E-state index >= 15 is 0 Å². The number of hydrogen-bond donors (Lipinski definition) is 0. The van der Waals surface area contributed by atoms with Crippen molar-refractivity contribution in [3.63, 3.8) is 0 Å². The van der Waals surface area contributed by atoms with Crippen molar-refractivity contribution in [1.29, 1.82) is 0 Å². The molecule has 120 valence electrons. The van der Waals surface area contributed by atoms with Crippen LogP contribution in [0.25, 0.3) is 17.3 Å². The summed E-state index contributed by atoms with van der Waals surface area (Å²) < 4.78 is 1.68. The highest BCUT2D eigenvalue weighted by Crippen LogP contribution is 2.29. The predicted octanol–water partition coefficient (Wildman–Crippen LogP) is 4.19. The lowest BCUT2D eigenvalue weighted by atomic mass is 9.90. The molecule has 0 amide bonds. The smallest absolute Gasteiger partial charge is 0.261 e. The second-order valence-electron chi connectivity index (χ2n) is 6.61. The Hall–Kier alpha value is -2.68. The average molecular weight is 316 g/mol. The van der Waals surface area contributed by atoms with Crippen molar-refractivity contribution >= 4 is 17.3 Å². The Bertz CT molecular complexity index is 1010. The number of fused-ring (bicyclic) bond motifs is 2. The zero-order valence-electron chi connectivity index (χ0n) is 14.0. The summed E-state index contributed by atoms with van der Waals surface area (Å²) in [6.45, 7) is 4.08. The van der Waals surface area contributed by atoms with Gasteiger partial charge in [0.05, 0.1) is 5.69 Å². The maximum atomic E-state index is 12.9. The van der Waals surface area contributed by atoms with Crippen molar-refractivity contribution in [2.75, 3.05) is 0 Å². The molecule has 2 aromatic heterocycles. The third-order valence-corrected chi connectivity index (χ3v) is 4.66. The van der Waals surface area contributed by atoms with Gasteiger partial charge in [-0.1, -0.05) is 35.9 Å². The molecular formula is C21H20N2O. The van der Waals surface area contributed by atoms with Gasteiger partial charge < -0.3 is 0 Å². The highest BCUT2D eigenvalue weighted by Gasteiger charge is 2.20. The Kier molecular flexibility index (Phi) is 3.57. The molecule has 0 saturated heterocycles. The number of allylic oxidation sites excluding steroid dienone is 1. The normalized spacial score (nSPS) is 15.7. The molecule has 3 aromatic rings. The number of aryl methyl sites for hydroxylation is 2. The summed E-state index contributed by atoms with van der Waals surface area (Å²) in [5.74, 6) is 0. The lowest BCUT2D eigenvalue weighted by Gasteiger charge is -2.18. The van der Waals surface area contributed by atoms with E-state index in [2.05, 4.69) is 37.3 Å². The van der Waals surface area contributed by atoms with Crippen molar-refractivity contribution in [3.05, 3.63) is 80.9 Å². The third-order valence-electron chi connectivity index (χ3n) is 4.66. The van der Waals surface area contributed by atoms with E-state index in [-0.39, 0.29) is 5.56 Å². The molecule has 0 aliphatic heterocycles. The number of pyridine rings is 1. The maximum absolute atomic E-state index is 12.9. The first-order valence-corrected chi connectivity index (χ1v) is 8.41. The molecule has 0 saturated carbocycles. The Balaban J connectivity index is 1.91. The largest absolute Gasteiger partial charge is 0.269 e. The van der Waals surface area contributed by atoms with E-state index in [1.807, 2.05) is 25.3 Å². The minimum absolute atomic E-state index is 0.0770. The molecule has 0 spiro atoms. The summed E-state index contributed by atoms with van der Waals surface area (Å²) in [4.78, 5) is 17.7. The topological polar surface area (TPSA) is 34.4 Å². The molecule has 0 unspecified atom stereocenters. The lowest BCUT2D eigenvalue weighted by Crippen LogP contribution is -2.24. The first-order chi connectivity index (χ1) is 11.6. The van der Waals surface area contributed by atoms with Crippen molar-refractivity contribution < 1.29 is 0 Å². The number of rotatable bonds is 1. The van der Waals surface area contributed by atoms with E-state index in [9.17, 15) is 4.79 Å². The van der Waals surface area contributed by atoms with Crippen LogP contribution in [-0.2, 0) is 6.42 Å². The fourth-order valence-corrected chi connectivity index (χ4v) is 3.35. The second kappa shape index (κ2) is 5.75. The third kappa shape index (κ3) is 2.56. The van der Waals surface area contributed by atoms with E-state index in [1.165, 1.54) is 11.1 Å². The molecular weight excluding hydrogens is 296 g/mol. The molecule has 0 fully saturated rings. The second-order valence-corrected chi connectivity index (χ2v) is 6.61. The molecule has 0 N–H and O–H groups in total. The van der Waals surface area contributed by atoms with Crippen LogP contribution in [0, 0.1) is 13.8 Å². The molecule has 24 heavy (non-hydrogen) atoms. The van der Waals surface area contributed by atoms with Gasteiger partial charge in [0.2, 0.25) is 0 Å². The van der Waals surface area contributed by atoms with Crippen LogP contribution in [0.5, 0.6) is 0 Å².